The monoisotopic (exact) mass is 341 g/mol. The molecule has 0 bridgehead atoms. The van der Waals surface area contributed by atoms with Gasteiger partial charge in [0.15, 0.2) is 0 Å². The average molecular weight is 341 g/mol. The van der Waals surface area contributed by atoms with E-state index in [0.29, 0.717) is 25.6 Å². The lowest BCUT2D eigenvalue weighted by Crippen LogP contribution is -2.38. The van der Waals surface area contributed by atoms with Gasteiger partial charge in [0.05, 0.1) is 17.8 Å². The molecule has 1 amide bonds. The summed E-state index contributed by atoms with van der Waals surface area (Å²) in [6.45, 7) is 11.8. The minimum atomic E-state index is -0.0583. The summed E-state index contributed by atoms with van der Waals surface area (Å²) in [4.78, 5) is 23.7. The Morgan fingerprint density at radius 2 is 2.08 bits per heavy atom. The summed E-state index contributed by atoms with van der Waals surface area (Å²) in [5, 5.41) is 4.47. The van der Waals surface area contributed by atoms with Gasteiger partial charge in [-0.2, -0.15) is 5.10 Å². The standard InChI is InChI=1S/C19H27N5O/c1-13(2)24-9-6-15(22-24)10-17(25)23-8-7-16-14(12-23)11-20-18(21-16)19(3,4)5/h6,9,11,13H,7-8,10,12H2,1-5H3. The Morgan fingerprint density at radius 1 is 1.32 bits per heavy atom. The quantitative estimate of drug-likeness (QED) is 0.861. The van der Waals surface area contributed by atoms with Crippen molar-refractivity contribution in [3.05, 3.63) is 41.2 Å². The first kappa shape index (κ1) is 17.6. The number of carbonyl (C=O) groups excluding carboxylic acids is 1. The highest BCUT2D eigenvalue weighted by molar-refractivity contribution is 5.78. The largest absolute Gasteiger partial charge is 0.338 e. The Morgan fingerprint density at radius 3 is 2.72 bits per heavy atom. The molecule has 6 nitrogen and oxygen atoms in total. The van der Waals surface area contributed by atoms with Crippen LogP contribution in [0.4, 0.5) is 0 Å². The first-order valence-electron chi connectivity index (χ1n) is 8.91. The zero-order valence-corrected chi connectivity index (χ0v) is 15.8. The van der Waals surface area contributed by atoms with Crippen molar-refractivity contribution in [3.8, 4) is 0 Å². The van der Waals surface area contributed by atoms with Crippen LogP contribution >= 0.6 is 0 Å². The molecule has 0 unspecified atom stereocenters. The maximum Gasteiger partial charge on any atom is 0.228 e. The minimum absolute atomic E-state index is 0.0583. The molecule has 0 saturated carbocycles. The maximum absolute atomic E-state index is 12.6. The molecular formula is C19H27N5O. The molecule has 6 heteroatoms. The van der Waals surface area contributed by atoms with E-state index in [1.165, 1.54) is 0 Å². The summed E-state index contributed by atoms with van der Waals surface area (Å²) in [5.74, 6) is 0.977. The van der Waals surface area contributed by atoms with E-state index in [9.17, 15) is 4.79 Å². The zero-order valence-electron chi connectivity index (χ0n) is 15.8. The summed E-state index contributed by atoms with van der Waals surface area (Å²) >= 11 is 0. The molecular weight excluding hydrogens is 314 g/mol. The fourth-order valence-electron chi connectivity index (χ4n) is 2.92. The molecule has 0 atom stereocenters. The molecule has 1 aliphatic rings. The van der Waals surface area contributed by atoms with Crippen LogP contribution in [0.25, 0.3) is 0 Å². The van der Waals surface area contributed by atoms with Crippen LogP contribution in [0.15, 0.2) is 18.5 Å². The Labute approximate surface area is 149 Å². The number of carbonyl (C=O) groups is 1. The predicted molar refractivity (Wildman–Crippen MR) is 96.2 cm³/mol. The van der Waals surface area contributed by atoms with Crippen molar-refractivity contribution in [1.82, 2.24) is 24.6 Å². The van der Waals surface area contributed by atoms with Crippen molar-refractivity contribution in [1.29, 1.82) is 0 Å². The van der Waals surface area contributed by atoms with Gasteiger partial charge in [0.25, 0.3) is 0 Å². The first-order chi connectivity index (χ1) is 11.7. The van der Waals surface area contributed by atoms with Crippen LogP contribution in [0.1, 0.15) is 63.4 Å². The lowest BCUT2D eigenvalue weighted by atomic mass is 9.95. The van der Waals surface area contributed by atoms with E-state index >= 15 is 0 Å². The molecule has 2 aromatic heterocycles. The van der Waals surface area contributed by atoms with E-state index in [0.717, 1.165) is 29.2 Å². The maximum atomic E-state index is 12.6. The fraction of sp³-hybridized carbons (Fsp3) is 0.579. The third-order valence-electron chi connectivity index (χ3n) is 4.48. The fourth-order valence-corrected chi connectivity index (χ4v) is 2.92. The number of fused-ring (bicyclic) bond motifs is 1. The van der Waals surface area contributed by atoms with E-state index in [4.69, 9.17) is 4.98 Å². The topological polar surface area (TPSA) is 63.9 Å². The predicted octanol–water partition coefficient (Wildman–Crippen LogP) is 2.68. The van der Waals surface area contributed by atoms with Gasteiger partial charge in [-0.25, -0.2) is 9.97 Å². The van der Waals surface area contributed by atoms with Crippen LogP contribution in [0.3, 0.4) is 0 Å². The summed E-state index contributed by atoms with van der Waals surface area (Å²) in [6.07, 6.45) is 4.94. The van der Waals surface area contributed by atoms with Gasteiger partial charge in [0.2, 0.25) is 5.91 Å². The van der Waals surface area contributed by atoms with E-state index in [1.807, 2.05) is 28.0 Å². The molecule has 0 spiro atoms. The molecule has 0 radical (unpaired) electrons. The molecule has 3 rings (SSSR count). The first-order valence-corrected chi connectivity index (χ1v) is 8.91. The molecule has 0 aliphatic carbocycles. The van der Waals surface area contributed by atoms with Crippen LogP contribution in [-0.2, 0) is 29.6 Å². The molecule has 0 fully saturated rings. The zero-order chi connectivity index (χ0) is 18.2. The van der Waals surface area contributed by atoms with E-state index in [2.05, 4.69) is 44.7 Å². The molecule has 0 saturated heterocycles. The number of aromatic nitrogens is 4. The van der Waals surface area contributed by atoms with E-state index < -0.39 is 0 Å². The molecule has 1 aliphatic heterocycles. The smallest absolute Gasteiger partial charge is 0.228 e. The van der Waals surface area contributed by atoms with Crippen LogP contribution in [0.5, 0.6) is 0 Å². The van der Waals surface area contributed by atoms with Crippen LogP contribution in [0, 0.1) is 0 Å². The van der Waals surface area contributed by atoms with Gasteiger partial charge in [-0.3, -0.25) is 9.48 Å². The molecule has 134 valence electrons. The van der Waals surface area contributed by atoms with Gasteiger partial charge >= 0.3 is 0 Å². The van der Waals surface area contributed by atoms with Gasteiger partial charge in [-0.05, 0) is 19.9 Å². The van der Waals surface area contributed by atoms with Gasteiger partial charge < -0.3 is 4.90 Å². The summed E-state index contributed by atoms with van der Waals surface area (Å²) in [7, 11) is 0. The Bertz CT molecular complexity index is 772. The molecule has 2 aromatic rings. The van der Waals surface area contributed by atoms with Gasteiger partial charge in [0, 0.05) is 48.9 Å². The SMILES string of the molecule is CC(C)n1ccc(CC(=O)N2CCc3nc(C(C)(C)C)ncc3C2)n1. The average Bonchev–Trinajstić information content (AvgIpc) is 3.01. The molecule has 3 heterocycles. The third-order valence-corrected chi connectivity index (χ3v) is 4.48. The van der Waals surface area contributed by atoms with Crippen molar-refractivity contribution < 1.29 is 4.79 Å². The summed E-state index contributed by atoms with van der Waals surface area (Å²) in [5.41, 5.74) is 2.90. The molecule has 25 heavy (non-hydrogen) atoms. The molecule has 0 aromatic carbocycles. The van der Waals surface area contributed by atoms with Crippen LogP contribution in [-0.4, -0.2) is 37.1 Å². The van der Waals surface area contributed by atoms with Crippen molar-refractivity contribution >= 4 is 5.91 Å². The Balaban J connectivity index is 1.68. The normalized spacial score (nSPS) is 14.7. The second kappa shape index (κ2) is 6.58. The van der Waals surface area contributed by atoms with Gasteiger partial charge in [0.1, 0.15) is 5.82 Å². The lowest BCUT2D eigenvalue weighted by molar-refractivity contribution is -0.131. The Kier molecular flexibility index (Phi) is 4.62. The number of rotatable bonds is 3. The highest BCUT2D eigenvalue weighted by atomic mass is 16.2. The van der Waals surface area contributed by atoms with Crippen molar-refractivity contribution in [2.45, 2.75) is 65.5 Å². The van der Waals surface area contributed by atoms with Gasteiger partial charge in [-0.1, -0.05) is 20.8 Å². The summed E-state index contributed by atoms with van der Waals surface area (Å²) < 4.78 is 1.88. The number of nitrogens with zero attached hydrogens (tertiary/aromatic N) is 5. The number of hydrogen-bond acceptors (Lipinski definition) is 4. The van der Waals surface area contributed by atoms with Crippen molar-refractivity contribution in [3.63, 3.8) is 0 Å². The summed E-state index contributed by atoms with van der Waals surface area (Å²) in [6, 6.07) is 2.23. The number of amides is 1. The Hall–Kier alpha value is -2.24. The highest BCUT2D eigenvalue weighted by Gasteiger charge is 2.25. The van der Waals surface area contributed by atoms with Gasteiger partial charge in [-0.15, -0.1) is 0 Å². The third kappa shape index (κ3) is 3.89. The minimum Gasteiger partial charge on any atom is -0.338 e. The van der Waals surface area contributed by atoms with E-state index in [1.54, 1.807) is 0 Å². The second-order valence-electron chi connectivity index (χ2n) is 8.04. The van der Waals surface area contributed by atoms with Crippen molar-refractivity contribution in [2.24, 2.45) is 0 Å². The van der Waals surface area contributed by atoms with Crippen molar-refractivity contribution in [2.75, 3.05) is 6.54 Å². The molecule has 0 N–H and O–H groups in total. The highest BCUT2D eigenvalue weighted by Crippen LogP contribution is 2.22. The number of hydrogen-bond donors (Lipinski definition) is 0. The lowest BCUT2D eigenvalue weighted by Gasteiger charge is -2.29. The second-order valence-corrected chi connectivity index (χ2v) is 8.04. The van der Waals surface area contributed by atoms with E-state index in [-0.39, 0.29) is 11.3 Å². The van der Waals surface area contributed by atoms with Crippen LogP contribution < -0.4 is 0 Å². The van der Waals surface area contributed by atoms with Crippen LogP contribution in [0.2, 0.25) is 0 Å².